The SMILES string of the molecule is COc1ccc(-c2nc3sc(-c4ccc(F)cc4)nn3c2-c2nc3ccc(Cl)cc3[nH]2)cc1. The van der Waals surface area contributed by atoms with E-state index in [0.29, 0.717) is 15.8 Å². The maximum absolute atomic E-state index is 13.4. The molecule has 6 aromatic rings. The van der Waals surface area contributed by atoms with Gasteiger partial charge in [-0.2, -0.15) is 9.61 Å². The van der Waals surface area contributed by atoms with E-state index >= 15 is 0 Å². The van der Waals surface area contributed by atoms with Crippen LogP contribution in [0.5, 0.6) is 5.75 Å². The predicted octanol–water partition coefficient (Wildman–Crippen LogP) is 6.47. The van der Waals surface area contributed by atoms with Gasteiger partial charge in [-0.1, -0.05) is 22.9 Å². The molecule has 0 radical (unpaired) electrons. The molecular formula is C24H15ClFN5OS. The first kappa shape index (κ1) is 19.9. The van der Waals surface area contributed by atoms with E-state index in [9.17, 15) is 4.39 Å². The molecule has 3 heterocycles. The highest BCUT2D eigenvalue weighted by molar-refractivity contribution is 7.19. The molecule has 3 aromatic heterocycles. The number of hydrogen-bond donors (Lipinski definition) is 1. The summed E-state index contributed by atoms with van der Waals surface area (Å²) in [5.41, 5.74) is 4.81. The normalized spacial score (nSPS) is 11.5. The van der Waals surface area contributed by atoms with Gasteiger partial charge in [0.2, 0.25) is 4.96 Å². The van der Waals surface area contributed by atoms with Gasteiger partial charge in [0.15, 0.2) is 5.82 Å². The molecule has 6 nitrogen and oxygen atoms in total. The van der Waals surface area contributed by atoms with Crippen LogP contribution in [0.15, 0.2) is 66.7 Å². The zero-order valence-corrected chi connectivity index (χ0v) is 18.8. The Morgan fingerprint density at radius 2 is 1.73 bits per heavy atom. The van der Waals surface area contributed by atoms with E-state index in [0.717, 1.165) is 44.3 Å². The van der Waals surface area contributed by atoms with Crippen molar-refractivity contribution in [3.63, 3.8) is 0 Å². The Bertz CT molecular complexity index is 1620. The lowest BCUT2D eigenvalue weighted by Gasteiger charge is -2.04. The van der Waals surface area contributed by atoms with Gasteiger partial charge >= 0.3 is 0 Å². The number of halogens is 2. The smallest absolute Gasteiger partial charge is 0.213 e. The highest BCUT2D eigenvalue weighted by Gasteiger charge is 2.23. The van der Waals surface area contributed by atoms with Crippen LogP contribution in [0, 0.1) is 5.82 Å². The van der Waals surface area contributed by atoms with Gasteiger partial charge in [0.1, 0.15) is 28.0 Å². The zero-order chi connectivity index (χ0) is 22.5. The van der Waals surface area contributed by atoms with E-state index in [1.807, 2.05) is 36.4 Å². The van der Waals surface area contributed by atoms with E-state index in [-0.39, 0.29) is 5.82 Å². The number of methoxy groups -OCH3 is 1. The number of aromatic amines is 1. The number of ether oxygens (including phenoxy) is 1. The Labute approximate surface area is 196 Å². The molecule has 0 bridgehead atoms. The van der Waals surface area contributed by atoms with Crippen molar-refractivity contribution in [2.45, 2.75) is 0 Å². The van der Waals surface area contributed by atoms with E-state index in [1.54, 1.807) is 29.8 Å². The fourth-order valence-corrected chi connectivity index (χ4v) is 4.79. The van der Waals surface area contributed by atoms with Crippen molar-refractivity contribution in [1.29, 1.82) is 0 Å². The van der Waals surface area contributed by atoms with Gasteiger partial charge in [0.25, 0.3) is 0 Å². The average Bonchev–Trinajstić information content (AvgIpc) is 3.51. The lowest BCUT2D eigenvalue weighted by Crippen LogP contribution is -1.93. The molecule has 3 aromatic carbocycles. The minimum atomic E-state index is -0.288. The quantitative estimate of drug-likeness (QED) is 0.317. The van der Waals surface area contributed by atoms with Gasteiger partial charge in [0.05, 0.1) is 18.1 Å². The molecule has 0 aliphatic carbocycles. The monoisotopic (exact) mass is 475 g/mol. The number of aromatic nitrogens is 5. The van der Waals surface area contributed by atoms with Gasteiger partial charge in [-0.3, -0.25) is 0 Å². The van der Waals surface area contributed by atoms with Gasteiger partial charge in [-0.15, -0.1) is 0 Å². The van der Waals surface area contributed by atoms with Crippen LogP contribution in [0.25, 0.3) is 49.3 Å². The average molecular weight is 476 g/mol. The molecule has 0 amide bonds. The number of hydrogen-bond acceptors (Lipinski definition) is 5. The molecule has 0 spiro atoms. The minimum Gasteiger partial charge on any atom is -0.497 e. The van der Waals surface area contributed by atoms with Crippen LogP contribution in [0.3, 0.4) is 0 Å². The standard InChI is InChI=1S/C24H15ClFN5OS/c1-32-17-9-4-13(5-10-17)20-21(22-27-18-11-6-15(25)12-19(18)28-22)31-24(29-20)33-23(30-31)14-2-7-16(26)8-3-14/h2-12H,1H3,(H,27,28). The third-order valence-corrected chi connectivity index (χ3v) is 6.52. The molecule has 0 aliphatic rings. The highest BCUT2D eigenvalue weighted by Crippen LogP contribution is 2.36. The highest BCUT2D eigenvalue weighted by atomic mass is 35.5. The summed E-state index contributed by atoms with van der Waals surface area (Å²) in [6, 6.07) is 19.5. The number of imidazole rings is 2. The van der Waals surface area contributed by atoms with Crippen molar-refractivity contribution < 1.29 is 9.13 Å². The Morgan fingerprint density at radius 3 is 2.48 bits per heavy atom. The summed E-state index contributed by atoms with van der Waals surface area (Å²) in [6.07, 6.45) is 0. The van der Waals surface area contributed by atoms with E-state index < -0.39 is 0 Å². The Morgan fingerprint density at radius 1 is 0.970 bits per heavy atom. The molecular weight excluding hydrogens is 461 g/mol. The predicted molar refractivity (Wildman–Crippen MR) is 128 cm³/mol. The third kappa shape index (κ3) is 3.44. The lowest BCUT2D eigenvalue weighted by atomic mass is 10.1. The first-order valence-electron chi connectivity index (χ1n) is 10.0. The number of rotatable bonds is 4. The molecule has 6 rings (SSSR count). The second-order valence-electron chi connectivity index (χ2n) is 7.39. The first-order chi connectivity index (χ1) is 16.1. The Balaban J connectivity index is 1.58. The summed E-state index contributed by atoms with van der Waals surface area (Å²) in [7, 11) is 1.63. The van der Waals surface area contributed by atoms with E-state index in [2.05, 4.69) is 4.98 Å². The molecule has 0 aliphatic heterocycles. The number of benzene rings is 3. The zero-order valence-electron chi connectivity index (χ0n) is 17.2. The fraction of sp³-hybridized carbons (Fsp3) is 0.0417. The van der Waals surface area contributed by atoms with Crippen LogP contribution in [-0.2, 0) is 0 Å². The summed E-state index contributed by atoms with van der Waals surface area (Å²) in [6.45, 7) is 0. The summed E-state index contributed by atoms with van der Waals surface area (Å²) >= 11 is 7.60. The molecule has 0 atom stereocenters. The molecule has 33 heavy (non-hydrogen) atoms. The van der Waals surface area contributed by atoms with Crippen LogP contribution in [0.1, 0.15) is 0 Å². The maximum Gasteiger partial charge on any atom is 0.213 e. The first-order valence-corrected chi connectivity index (χ1v) is 11.2. The van der Waals surface area contributed by atoms with E-state index in [4.69, 9.17) is 31.4 Å². The topological polar surface area (TPSA) is 68.1 Å². The van der Waals surface area contributed by atoms with Crippen molar-refractivity contribution >= 4 is 38.9 Å². The molecule has 0 saturated carbocycles. The molecule has 0 unspecified atom stereocenters. The molecule has 1 N–H and O–H groups in total. The largest absolute Gasteiger partial charge is 0.497 e. The minimum absolute atomic E-state index is 0.288. The molecule has 0 fully saturated rings. The van der Waals surface area contributed by atoms with Crippen LogP contribution in [0.2, 0.25) is 5.02 Å². The van der Waals surface area contributed by atoms with Crippen LogP contribution in [-0.4, -0.2) is 31.7 Å². The number of nitrogens with zero attached hydrogens (tertiary/aromatic N) is 4. The third-order valence-electron chi connectivity index (χ3n) is 5.33. The van der Waals surface area contributed by atoms with Crippen molar-refractivity contribution in [2.75, 3.05) is 7.11 Å². The summed E-state index contributed by atoms with van der Waals surface area (Å²) in [5.74, 6) is 1.10. The number of fused-ring (bicyclic) bond motifs is 2. The fourth-order valence-electron chi connectivity index (χ4n) is 3.71. The van der Waals surface area contributed by atoms with Crippen molar-refractivity contribution in [2.24, 2.45) is 0 Å². The van der Waals surface area contributed by atoms with Crippen LogP contribution < -0.4 is 4.74 Å². The molecule has 0 saturated heterocycles. The summed E-state index contributed by atoms with van der Waals surface area (Å²) in [5, 5.41) is 6.16. The number of nitrogens with one attached hydrogen (secondary N) is 1. The Kier molecular flexibility index (Phi) is 4.63. The Hall–Kier alpha value is -3.75. The lowest BCUT2D eigenvalue weighted by molar-refractivity contribution is 0.415. The van der Waals surface area contributed by atoms with Crippen molar-refractivity contribution in [3.8, 4) is 39.1 Å². The molecule has 9 heteroatoms. The maximum atomic E-state index is 13.4. The molecule has 162 valence electrons. The summed E-state index contributed by atoms with van der Waals surface area (Å²) in [4.78, 5) is 13.7. The van der Waals surface area contributed by atoms with Gasteiger partial charge < -0.3 is 9.72 Å². The van der Waals surface area contributed by atoms with Gasteiger partial charge in [-0.25, -0.2) is 14.4 Å². The second kappa shape index (κ2) is 7.68. The van der Waals surface area contributed by atoms with E-state index in [1.165, 1.54) is 23.5 Å². The van der Waals surface area contributed by atoms with Crippen molar-refractivity contribution in [3.05, 3.63) is 77.6 Å². The number of H-pyrrole nitrogens is 1. The van der Waals surface area contributed by atoms with Crippen LogP contribution >= 0.6 is 22.9 Å². The second-order valence-corrected chi connectivity index (χ2v) is 8.79. The van der Waals surface area contributed by atoms with Crippen LogP contribution in [0.4, 0.5) is 4.39 Å². The van der Waals surface area contributed by atoms with Crippen molar-refractivity contribution in [1.82, 2.24) is 24.6 Å². The van der Waals surface area contributed by atoms with Gasteiger partial charge in [-0.05, 0) is 66.7 Å². The summed E-state index contributed by atoms with van der Waals surface area (Å²) < 4.78 is 20.5. The van der Waals surface area contributed by atoms with Gasteiger partial charge in [0, 0.05) is 16.1 Å².